The first-order valence-electron chi connectivity index (χ1n) is 7.42. The Morgan fingerprint density at radius 2 is 2.17 bits per heavy atom. The number of halogens is 1. The van der Waals surface area contributed by atoms with Gasteiger partial charge >= 0.3 is 0 Å². The van der Waals surface area contributed by atoms with Crippen LogP contribution in [0.5, 0.6) is 0 Å². The lowest BCUT2D eigenvalue weighted by Crippen LogP contribution is -2.26. The lowest BCUT2D eigenvalue weighted by molar-refractivity contribution is 0.0780. The van der Waals surface area contributed by atoms with Gasteiger partial charge in [0, 0.05) is 30.2 Å². The van der Waals surface area contributed by atoms with E-state index in [1.54, 1.807) is 29.4 Å². The molecule has 24 heavy (non-hydrogen) atoms. The highest BCUT2D eigenvalue weighted by Gasteiger charge is 2.19. The summed E-state index contributed by atoms with van der Waals surface area (Å²) in [5.74, 6) is -0.0857. The zero-order valence-corrected chi connectivity index (χ0v) is 16.3. The number of thiophene rings is 1. The fourth-order valence-electron chi connectivity index (χ4n) is 2.65. The van der Waals surface area contributed by atoms with Gasteiger partial charge in [-0.2, -0.15) is 10.2 Å². The summed E-state index contributed by atoms with van der Waals surface area (Å²) in [6, 6.07) is 5.79. The zero-order valence-electron chi connectivity index (χ0n) is 13.9. The van der Waals surface area contributed by atoms with Gasteiger partial charge in [0.25, 0.3) is 5.91 Å². The molecule has 6 nitrogen and oxygen atoms in total. The van der Waals surface area contributed by atoms with Crippen LogP contribution in [0.3, 0.4) is 0 Å². The summed E-state index contributed by atoms with van der Waals surface area (Å²) in [5, 5.41) is 11.6. The van der Waals surface area contributed by atoms with E-state index in [-0.39, 0.29) is 5.91 Å². The van der Waals surface area contributed by atoms with E-state index in [0.29, 0.717) is 12.2 Å². The predicted molar refractivity (Wildman–Crippen MR) is 98.1 cm³/mol. The lowest BCUT2D eigenvalue weighted by Gasteiger charge is -2.14. The topological polar surface area (TPSA) is 66.8 Å². The summed E-state index contributed by atoms with van der Waals surface area (Å²) in [5.41, 5.74) is 4.12. The summed E-state index contributed by atoms with van der Waals surface area (Å²) < 4.78 is 2.88. The number of aromatic nitrogens is 4. The highest BCUT2D eigenvalue weighted by atomic mass is 79.9. The van der Waals surface area contributed by atoms with Crippen molar-refractivity contribution in [3.63, 3.8) is 0 Å². The van der Waals surface area contributed by atoms with E-state index in [9.17, 15) is 4.79 Å². The average Bonchev–Trinajstić information content (AvgIpc) is 3.20. The van der Waals surface area contributed by atoms with Gasteiger partial charge < -0.3 is 4.90 Å². The van der Waals surface area contributed by atoms with Crippen molar-refractivity contribution in [2.45, 2.75) is 20.4 Å². The number of carbonyl (C=O) groups is 1. The third kappa shape index (κ3) is 3.16. The third-order valence-electron chi connectivity index (χ3n) is 3.94. The molecule has 0 aliphatic carbocycles. The molecule has 0 radical (unpaired) electrons. The van der Waals surface area contributed by atoms with Gasteiger partial charge in [-0.15, -0.1) is 11.3 Å². The van der Waals surface area contributed by atoms with Crippen molar-refractivity contribution in [3.05, 3.63) is 43.9 Å². The maximum Gasteiger partial charge on any atom is 0.271 e. The molecule has 0 unspecified atom stereocenters. The molecule has 126 valence electrons. The van der Waals surface area contributed by atoms with Crippen LogP contribution in [0, 0.1) is 13.8 Å². The molecule has 8 heteroatoms. The lowest BCUT2D eigenvalue weighted by atomic mass is 10.1. The van der Waals surface area contributed by atoms with Gasteiger partial charge in [0.05, 0.1) is 21.7 Å². The molecule has 3 aromatic heterocycles. The van der Waals surface area contributed by atoms with E-state index in [2.05, 4.69) is 31.2 Å². The van der Waals surface area contributed by atoms with E-state index < -0.39 is 0 Å². The molecule has 0 aliphatic rings. The van der Waals surface area contributed by atoms with Crippen LogP contribution < -0.4 is 0 Å². The maximum absolute atomic E-state index is 12.6. The smallest absolute Gasteiger partial charge is 0.271 e. The van der Waals surface area contributed by atoms with E-state index in [1.807, 2.05) is 37.7 Å². The third-order valence-corrected chi connectivity index (χ3v) is 5.55. The fraction of sp³-hybridized carbons (Fsp3) is 0.312. The van der Waals surface area contributed by atoms with Crippen LogP contribution in [-0.4, -0.2) is 37.8 Å². The molecule has 0 atom stereocenters. The van der Waals surface area contributed by atoms with Crippen LogP contribution in [-0.2, 0) is 13.6 Å². The van der Waals surface area contributed by atoms with Crippen molar-refractivity contribution in [2.24, 2.45) is 7.05 Å². The van der Waals surface area contributed by atoms with Gasteiger partial charge in [0.2, 0.25) is 0 Å². The molecule has 0 fully saturated rings. The monoisotopic (exact) mass is 407 g/mol. The normalized spacial score (nSPS) is 11.0. The molecule has 1 amide bonds. The van der Waals surface area contributed by atoms with Crippen LogP contribution in [0.1, 0.15) is 26.8 Å². The summed E-state index contributed by atoms with van der Waals surface area (Å²) in [6.45, 7) is 4.50. The minimum absolute atomic E-state index is 0.0857. The number of hydrogen-bond acceptors (Lipinski definition) is 4. The Hall–Kier alpha value is -1.93. The molecule has 0 saturated heterocycles. The SMILES string of the molecule is Cc1nn(C)c(C)c1-c1cc(C(=O)N(C)Cc2ccc(Br)s2)[nH]n1. The molecular formula is C16H18BrN5OS. The van der Waals surface area contributed by atoms with Crippen LogP contribution in [0.15, 0.2) is 22.0 Å². The first-order valence-corrected chi connectivity index (χ1v) is 9.03. The zero-order chi connectivity index (χ0) is 17.4. The molecule has 0 aromatic carbocycles. The maximum atomic E-state index is 12.6. The number of aromatic amines is 1. The van der Waals surface area contributed by atoms with E-state index in [1.165, 1.54) is 0 Å². The molecule has 3 rings (SSSR count). The van der Waals surface area contributed by atoms with E-state index in [4.69, 9.17) is 0 Å². The Kier molecular flexibility index (Phi) is 4.60. The van der Waals surface area contributed by atoms with E-state index >= 15 is 0 Å². The fourth-order valence-corrected chi connectivity index (χ4v) is 4.19. The van der Waals surface area contributed by atoms with Crippen molar-refractivity contribution in [2.75, 3.05) is 7.05 Å². The first-order chi connectivity index (χ1) is 11.4. The second kappa shape index (κ2) is 6.52. The Labute approximate surface area is 152 Å². The van der Waals surface area contributed by atoms with Crippen molar-refractivity contribution < 1.29 is 4.79 Å². The molecular weight excluding hydrogens is 390 g/mol. The number of aryl methyl sites for hydroxylation is 2. The average molecular weight is 408 g/mol. The second-order valence-electron chi connectivity index (χ2n) is 5.70. The number of amides is 1. The highest BCUT2D eigenvalue weighted by molar-refractivity contribution is 9.11. The summed E-state index contributed by atoms with van der Waals surface area (Å²) in [4.78, 5) is 15.4. The molecule has 1 N–H and O–H groups in total. The molecule has 0 spiro atoms. The predicted octanol–water partition coefficient (Wildman–Crippen LogP) is 3.52. The van der Waals surface area contributed by atoms with Gasteiger partial charge in [0.1, 0.15) is 5.69 Å². The molecule has 0 saturated carbocycles. The van der Waals surface area contributed by atoms with Crippen molar-refractivity contribution >= 4 is 33.2 Å². The van der Waals surface area contributed by atoms with Crippen molar-refractivity contribution in [3.8, 4) is 11.3 Å². The van der Waals surface area contributed by atoms with E-state index in [0.717, 1.165) is 31.3 Å². The van der Waals surface area contributed by atoms with Crippen LogP contribution >= 0.6 is 27.3 Å². The Bertz CT molecular complexity index is 894. The van der Waals surface area contributed by atoms with Crippen molar-refractivity contribution in [1.29, 1.82) is 0 Å². The van der Waals surface area contributed by atoms with Gasteiger partial charge in [0.15, 0.2) is 0 Å². The Morgan fingerprint density at radius 3 is 2.75 bits per heavy atom. The summed E-state index contributed by atoms with van der Waals surface area (Å²) >= 11 is 5.06. The minimum atomic E-state index is -0.0857. The van der Waals surface area contributed by atoms with Gasteiger partial charge in [-0.3, -0.25) is 14.6 Å². The molecule has 0 aliphatic heterocycles. The number of rotatable bonds is 4. The number of carbonyl (C=O) groups excluding carboxylic acids is 1. The summed E-state index contributed by atoms with van der Waals surface area (Å²) in [7, 11) is 3.69. The Balaban J connectivity index is 1.80. The number of nitrogens with one attached hydrogen (secondary N) is 1. The number of hydrogen-bond donors (Lipinski definition) is 1. The number of nitrogens with zero attached hydrogens (tertiary/aromatic N) is 4. The standard InChI is InChI=1S/C16H18BrN5OS/c1-9-15(10(2)22(4)20-9)12-7-13(19-18-12)16(23)21(3)8-11-5-6-14(17)24-11/h5-7H,8H2,1-4H3,(H,18,19). The first kappa shape index (κ1) is 16.9. The minimum Gasteiger partial charge on any atom is -0.335 e. The Morgan fingerprint density at radius 1 is 1.42 bits per heavy atom. The quantitative estimate of drug-likeness (QED) is 0.719. The highest BCUT2D eigenvalue weighted by Crippen LogP contribution is 2.26. The van der Waals surface area contributed by atoms with Crippen LogP contribution in [0.4, 0.5) is 0 Å². The van der Waals surface area contributed by atoms with Gasteiger partial charge in [-0.25, -0.2) is 0 Å². The largest absolute Gasteiger partial charge is 0.335 e. The van der Waals surface area contributed by atoms with Gasteiger partial charge in [-0.05, 0) is 48.0 Å². The molecule has 0 bridgehead atoms. The van der Waals surface area contributed by atoms with Crippen LogP contribution in [0.25, 0.3) is 11.3 Å². The molecule has 3 heterocycles. The van der Waals surface area contributed by atoms with Crippen LogP contribution in [0.2, 0.25) is 0 Å². The summed E-state index contributed by atoms with van der Waals surface area (Å²) in [6.07, 6.45) is 0. The van der Waals surface area contributed by atoms with Crippen molar-refractivity contribution in [1.82, 2.24) is 24.9 Å². The van der Waals surface area contributed by atoms with Gasteiger partial charge in [-0.1, -0.05) is 0 Å². The number of H-pyrrole nitrogens is 1. The second-order valence-corrected chi connectivity index (χ2v) is 8.25. The molecule has 3 aromatic rings.